The molecule has 1 amide bonds. The van der Waals surface area contributed by atoms with Crippen molar-refractivity contribution in [1.29, 1.82) is 0 Å². The quantitative estimate of drug-likeness (QED) is 0.274. The number of benzene rings is 3. The van der Waals surface area contributed by atoms with Gasteiger partial charge in [-0.3, -0.25) is 4.79 Å². The van der Waals surface area contributed by atoms with E-state index in [0.29, 0.717) is 10.6 Å². The Kier molecular flexibility index (Phi) is 7.71. The molecule has 0 unspecified atom stereocenters. The predicted octanol–water partition coefficient (Wildman–Crippen LogP) is 5.45. The van der Waals surface area contributed by atoms with Crippen LogP contribution in [0.25, 0.3) is 0 Å². The number of hydrazone groups is 1. The van der Waals surface area contributed by atoms with Gasteiger partial charge in [-0.1, -0.05) is 102 Å². The van der Waals surface area contributed by atoms with E-state index < -0.39 is 13.0 Å². The molecule has 0 aliphatic carbocycles. The Morgan fingerprint density at radius 1 is 0.857 bits per heavy atom. The van der Waals surface area contributed by atoms with Gasteiger partial charge >= 0.3 is 0 Å². The first kappa shape index (κ1) is 26.4. The van der Waals surface area contributed by atoms with Crippen molar-refractivity contribution >= 4 is 29.9 Å². The van der Waals surface area contributed by atoms with Crippen LogP contribution in [0.2, 0.25) is 0 Å². The summed E-state index contributed by atoms with van der Waals surface area (Å²) < 4.78 is 14.1. The van der Waals surface area contributed by atoms with Crippen LogP contribution in [-0.2, 0) is 20.2 Å². The van der Waals surface area contributed by atoms with E-state index in [1.165, 1.54) is 0 Å². The van der Waals surface area contributed by atoms with Crippen LogP contribution in [0.5, 0.6) is 5.75 Å². The number of hydrogen-bond donors (Lipinski definition) is 2. The van der Waals surface area contributed by atoms with Crippen LogP contribution in [0, 0.1) is 0 Å². The topological polar surface area (TPSA) is 78.8 Å². The van der Waals surface area contributed by atoms with Crippen molar-refractivity contribution in [1.82, 2.24) is 5.43 Å². The van der Waals surface area contributed by atoms with Crippen molar-refractivity contribution in [3.05, 3.63) is 89.5 Å². The molecule has 0 spiro atoms. The second kappa shape index (κ2) is 10.2. The Morgan fingerprint density at radius 2 is 1.29 bits per heavy atom. The van der Waals surface area contributed by atoms with Gasteiger partial charge in [0.15, 0.2) is 7.14 Å². The fraction of sp³-hybridized carbons (Fsp3) is 0.310. The molecule has 0 fully saturated rings. The van der Waals surface area contributed by atoms with Gasteiger partial charge in [-0.25, -0.2) is 5.43 Å². The van der Waals surface area contributed by atoms with E-state index in [9.17, 15) is 14.5 Å². The highest BCUT2D eigenvalue weighted by atomic mass is 31.2. The SMILES string of the molecule is CC(C)(C)c1cc(/C=N\NC(=O)CP(=O)(c2ccccc2)c2ccccc2)cc(C(C)(C)C)c1O. The largest absolute Gasteiger partial charge is 0.507 e. The van der Waals surface area contributed by atoms with Gasteiger partial charge in [0.1, 0.15) is 5.75 Å². The highest BCUT2D eigenvalue weighted by molar-refractivity contribution is 7.79. The number of carbonyl (C=O) groups is 1. The number of carbonyl (C=O) groups excluding carboxylic acids is 1. The number of nitrogens with zero attached hydrogens (tertiary/aromatic N) is 1. The smallest absolute Gasteiger partial charge is 0.248 e. The first-order valence-corrected chi connectivity index (χ1v) is 13.6. The number of hydrogen-bond acceptors (Lipinski definition) is 4. The summed E-state index contributed by atoms with van der Waals surface area (Å²) in [5.41, 5.74) is 4.42. The van der Waals surface area contributed by atoms with E-state index in [-0.39, 0.29) is 22.7 Å². The third kappa shape index (κ3) is 6.29. The van der Waals surface area contributed by atoms with Gasteiger partial charge in [-0.2, -0.15) is 5.10 Å². The number of amides is 1. The van der Waals surface area contributed by atoms with Gasteiger partial charge in [-0.05, 0) is 28.5 Å². The van der Waals surface area contributed by atoms with Gasteiger partial charge in [0.25, 0.3) is 0 Å². The molecule has 5 nitrogen and oxygen atoms in total. The van der Waals surface area contributed by atoms with Crippen LogP contribution < -0.4 is 16.0 Å². The maximum absolute atomic E-state index is 14.1. The van der Waals surface area contributed by atoms with Gasteiger partial charge in [0, 0.05) is 21.7 Å². The van der Waals surface area contributed by atoms with Crippen LogP contribution in [-0.4, -0.2) is 23.4 Å². The minimum Gasteiger partial charge on any atom is -0.507 e. The molecule has 0 aromatic heterocycles. The average molecular weight is 491 g/mol. The van der Waals surface area contributed by atoms with Crippen molar-refractivity contribution in [3.8, 4) is 5.75 Å². The maximum Gasteiger partial charge on any atom is 0.248 e. The molecular weight excluding hydrogens is 455 g/mol. The minimum absolute atomic E-state index is 0.186. The van der Waals surface area contributed by atoms with Crippen molar-refractivity contribution in [2.24, 2.45) is 5.10 Å². The predicted molar refractivity (Wildman–Crippen MR) is 146 cm³/mol. The Morgan fingerprint density at radius 3 is 1.69 bits per heavy atom. The Bertz CT molecular complexity index is 1180. The van der Waals surface area contributed by atoms with Crippen LogP contribution in [0.3, 0.4) is 0 Å². The first-order valence-electron chi connectivity index (χ1n) is 11.7. The summed E-state index contributed by atoms with van der Waals surface area (Å²) in [6.07, 6.45) is 1.38. The molecule has 35 heavy (non-hydrogen) atoms. The molecule has 0 atom stereocenters. The van der Waals surface area contributed by atoms with Crippen LogP contribution >= 0.6 is 7.14 Å². The zero-order valence-corrected chi connectivity index (χ0v) is 22.3. The summed E-state index contributed by atoms with van der Waals surface area (Å²) in [6, 6.07) is 22.0. The standard InChI is InChI=1S/C29H35N2O3P/c1-28(2,3)24-17-21(18-25(27(24)33)29(4,5)6)19-30-31-26(32)20-35(34,22-13-9-7-10-14-22)23-15-11-8-12-16-23/h7-19,33H,20H2,1-6H3,(H,31,32)/b30-19-. The summed E-state index contributed by atoms with van der Waals surface area (Å²) in [7, 11) is -3.18. The zero-order valence-electron chi connectivity index (χ0n) is 21.4. The van der Waals surface area contributed by atoms with Crippen molar-refractivity contribution in [3.63, 3.8) is 0 Å². The molecule has 184 valence electrons. The van der Waals surface area contributed by atoms with E-state index in [1.807, 2.05) is 90.1 Å². The van der Waals surface area contributed by atoms with Crippen molar-refractivity contribution in [2.45, 2.75) is 52.4 Å². The van der Waals surface area contributed by atoms with Crippen LogP contribution in [0.1, 0.15) is 58.2 Å². The van der Waals surface area contributed by atoms with Gasteiger partial charge in [-0.15, -0.1) is 0 Å². The molecule has 6 heteroatoms. The molecule has 0 saturated carbocycles. The minimum atomic E-state index is -3.18. The fourth-order valence-electron chi connectivity index (χ4n) is 3.96. The Labute approximate surface area is 208 Å². The third-order valence-corrected chi connectivity index (χ3v) is 8.86. The lowest BCUT2D eigenvalue weighted by molar-refractivity contribution is -0.118. The lowest BCUT2D eigenvalue weighted by Crippen LogP contribution is -2.28. The average Bonchev–Trinajstić information content (AvgIpc) is 2.79. The van der Waals surface area contributed by atoms with E-state index in [1.54, 1.807) is 30.5 Å². The first-order chi connectivity index (χ1) is 16.3. The molecule has 0 radical (unpaired) electrons. The Hall–Kier alpha value is -3.17. The maximum atomic E-state index is 14.1. The Balaban J connectivity index is 1.87. The molecule has 0 aliphatic rings. The monoisotopic (exact) mass is 490 g/mol. The lowest BCUT2D eigenvalue weighted by atomic mass is 9.78. The number of phenols is 1. The number of rotatable bonds is 6. The second-order valence-corrected chi connectivity index (χ2v) is 13.7. The number of phenolic OH excluding ortho intramolecular Hbond substituents is 1. The summed E-state index contributed by atoms with van der Waals surface area (Å²) in [5.74, 6) is -0.138. The summed E-state index contributed by atoms with van der Waals surface area (Å²) in [6.45, 7) is 12.3. The lowest BCUT2D eigenvalue weighted by Gasteiger charge is -2.27. The zero-order chi connectivity index (χ0) is 25.9. The molecule has 0 heterocycles. The number of nitrogens with one attached hydrogen (secondary N) is 1. The van der Waals surface area contributed by atoms with Crippen LogP contribution in [0.15, 0.2) is 77.9 Å². The van der Waals surface area contributed by atoms with E-state index >= 15 is 0 Å². The van der Waals surface area contributed by atoms with Gasteiger partial charge in [0.05, 0.1) is 12.4 Å². The number of aromatic hydroxyl groups is 1. The second-order valence-electron chi connectivity index (χ2n) is 10.8. The molecular formula is C29H35N2O3P. The highest BCUT2D eigenvalue weighted by Crippen LogP contribution is 2.43. The summed E-state index contributed by atoms with van der Waals surface area (Å²) in [4.78, 5) is 12.9. The van der Waals surface area contributed by atoms with Crippen LogP contribution in [0.4, 0.5) is 0 Å². The molecule has 2 N–H and O–H groups in total. The summed E-state index contributed by atoms with van der Waals surface area (Å²) >= 11 is 0. The highest BCUT2D eigenvalue weighted by Gasteiger charge is 2.30. The fourth-order valence-corrected chi connectivity index (χ4v) is 6.41. The van der Waals surface area contributed by atoms with Crippen molar-refractivity contribution < 1.29 is 14.5 Å². The van der Waals surface area contributed by atoms with E-state index in [0.717, 1.165) is 16.7 Å². The third-order valence-electron chi connectivity index (χ3n) is 5.86. The van der Waals surface area contributed by atoms with E-state index in [2.05, 4.69) is 10.5 Å². The molecule has 0 bridgehead atoms. The van der Waals surface area contributed by atoms with E-state index in [4.69, 9.17) is 0 Å². The molecule has 3 aromatic rings. The van der Waals surface area contributed by atoms with Gasteiger partial charge in [0.2, 0.25) is 5.91 Å². The molecule has 3 rings (SSSR count). The molecule has 3 aromatic carbocycles. The normalized spacial score (nSPS) is 12.6. The van der Waals surface area contributed by atoms with Crippen molar-refractivity contribution in [2.75, 3.05) is 6.16 Å². The summed E-state index contributed by atoms with van der Waals surface area (Å²) in [5, 5.41) is 16.3. The molecule has 0 aliphatic heterocycles. The molecule has 0 saturated heterocycles. The van der Waals surface area contributed by atoms with Gasteiger partial charge < -0.3 is 9.67 Å².